The van der Waals surface area contributed by atoms with E-state index in [9.17, 15) is 9.59 Å². The zero-order chi connectivity index (χ0) is 14.9. The first kappa shape index (κ1) is 15.8. The molecule has 0 radical (unpaired) electrons. The minimum atomic E-state index is -0.714. The Labute approximate surface area is 120 Å². The maximum absolute atomic E-state index is 11.2. The number of carbonyl (C=O) groups excluding carboxylic acids is 2. The fourth-order valence-electron chi connectivity index (χ4n) is 1.17. The Kier molecular flexibility index (Phi) is 6.47. The van der Waals surface area contributed by atoms with Crippen LogP contribution >= 0.6 is 0 Å². The molecule has 0 aromatic carbocycles. The molecule has 120 valence electrons. The van der Waals surface area contributed by atoms with Crippen LogP contribution in [0.15, 0.2) is 0 Å². The summed E-state index contributed by atoms with van der Waals surface area (Å²) >= 11 is 0. The first-order valence-electron chi connectivity index (χ1n) is 6.44. The van der Waals surface area contributed by atoms with Gasteiger partial charge in [0.2, 0.25) is 0 Å². The lowest BCUT2D eigenvalue weighted by molar-refractivity contribution is -0.0224. The molecule has 2 unspecified atom stereocenters. The van der Waals surface area contributed by atoms with Crippen molar-refractivity contribution >= 4 is 12.2 Å². The fourth-order valence-corrected chi connectivity index (χ4v) is 1.17. The van der Waals surface area contributed by atoms with Crippen molar-refractivity contribution in [1.82, 2.24) is 10.6 Å². The molecule has 0 saturated carbocycles. The Morgan fingerprint density at radius 2 is 1.33 bits per heavy atom. The standard InChI is InChI=1S/C11H18N2O8/c14-10(20-6-16-1-8-3-18-8)12-5-13-11(15)21-7-17-2-9-4-19-9/h8-9H,1-7H2,(H,12,14)(H,13,15). The van der Waals surface area contributed by atoms with Crippen LogP contribution in [0.5, 0.6) is 0 Å². The average Bonchev–Trinajstić information content (AvgIpc) is 3.35. The second kappa shape index (κ2) is 8.62. The molecule has 2 saturated heterocycles. The molecule has 21 heavy (non-hydrogen) atoms. The summed E-state index contributed by atoms with van der Waals surface area (Å²) < 4.78 is 29.2. The molecule has 10 nitrogen and oxygen atoms in total. The maximum Gasteiger partial charge on any atom is 0.410 e. The summed E-state index contributed by atoms with van der Waals surface area (Å²) in [6, 6.07) is 0. The van der Waals surface area contributed by atoms with E-state index in [0.29, 0.717) is 26.4 Å². The molecular formula is C11H18N2O8. The molecule has 2 amide bonds. The van der Waals surface area contributed by atoms with Gasteiger partial charge in [-0.15, -0.1) is 0 Å². The van der Waals surface area contributed by atoms with Crippen molar-refractivity contribution in [3.8, 4) is 0 Å². The van der Waals surface area contributed by atoms with Crippen molar-refractivity contribution in [3.05, 3.63) is 0 Å². The van der Waals surface area contributed by atoms with Gasteiger partial charge in [0.15, 0.2) is 13.6 Å². The van der Waals surface area contributed by atoms with E-state index in [-0.39, 0.29) is 32.5 Å². The Morgan fingerprint density at radius 1 is 0.905 bits per heavy atom. The number of hydrogen-bond donors (Lipinski definition) is 2. The van der Waals surface area contributed by atoms with E-state index < -0.39 is 12.2 Å². The quantitative estimate of drug-likeness (QED) is 0.304. The summed E-state index contributed by atoms with van der Waals surface area (Å²) in [5.74, 6) is 0. The molecule has 2 atom stereocenters. The SMILES string of the molecule is O=C(NCNC(=O)OCOCC1CO1)OCOCC1CO1. The molecule has 2 fully saturated rings. The molecule has 0 aromatic heterocycles. The van der Waals surface area contributed by atoms with E-state index >= 15 is 0 Å². The largest absolute Gasteiger partial charge is 0.422 e. The first-order chi connectivity index (χ1) is 10.2. The fraction of sp³-hybridized carbons (Fsp3) is 0.818. The predicted molar refractivity (Wildman–Crippen MR) is 65.2 cm³/mol. The van der Waals surface area contributed by atoms with Crippen LogP contribution in [-0.4, -0.2) is 71.1 Å². The number of amides is 2. The Balaban J connectivity index is 1.34. The topological polar surface area (TPSA) is 120 Å². The molecule has 2 heterocycles. The second-order valence-electron chi connectivity index (χ2n) is 4.28. The van der Waals surface area contributed by atoms with Gasteiger partial charge in [0.1, 0.15) is 12.2 Å². The molecule has 0 aliphatic carbocycles. The number of epoxide rings is 2. The molecule has 10 heteroatoms. The van der Waals surface area contributed by atoms with Gasteiger partial charge in [-0.2, -0.15) is 0 Å². The number of rotatable bonds is 10. The molecular weight excluding hydrogens is 288 g/mol. The molecule has 2 N–H and O–H groups in total. The van der Waals surface area contributed by atoms with Gasteiger partial charge in [-0.3, -0.25) is 0 Å². The normalized spacial score (nSPS) is 22.3. The van der Waals surface area contributed by atoms with Crippen molar-refractivity contribution in [2.24, 2.45) is 0 Å². The smallest absolute Gasteiger partial charge is 0.410 e. The highest BCUT2D eigenvalue weighted by Crippen LogP contribution is 2.08. The summed E-state index contributed by atoms with van der Waals surface area (Å²) in [7, 11) is 0. The molecule has 0 aromatic rings. The van der Waals surface area contributed by atoms with Crippen LogP contribution in [0.2, 0.25) is 0 Å². The van der Waals surface area contributed by atoms with Crippen LogP contribution in [0.1, 0.15) is 0 Å². The number of hydrogen-bond acceptors (Lipinski definition) is 8. The Morgan fingerprint density at radius 3 is 1.71 bits per heavy atom. The van der Waals surface area contributed by atoms with E-state index in [1.807, 2.05) is 0 Å². The van der Waals surface area contributed by atoms with E-state index in [0.717, 1.165) is 0 Å². The molecule has 2 rings (SSSR count). The highest BCUT2D eigenvalue weighted by atomic mass is 16.7. The second-order valence-corrected chi connectivity index (χ2v) is 4.28. The summed E-state index contributed by atoms with van der Waals surface area (Å²) in [6.45, 7) is 1.66. The number of carbonyl (C=O) groups is 2. The van der Waals surface area contributed by atoms with Gasteiger partial charge < -0.3 is 39.1 Å². The average molecular weight is 306 g/mol. The molecule has 2 aliphatic rings. The van der Waals surface area contributed by atoms with E-state index in [4.69, 9.17) is 18.9 Å². The number of ether oxygens (including phenoxy) is 6. The summed E-state index contributed by atoms with van der Waals surface area (Å²) in [5, 5.41) is 4.58. The minimum absolute atomic E-state index is 0.113. The van der Waals surface area contributed by atoms with E-state index in [1.54, 1.807) is 0 Å². The van der Waals surface area contributed by atoms with Crippen molar-refractivity contribution in [2.75, 3.05) is 46.7 Å². The highest BCUT2D eigenvalue weighted by molar-refractivity contribution is 5.69. The lowest BCUT2D eigenvalue weighted by Gasteiger charge is -2.09. The predicted octanol–water partition coefficient (Wildman–Crippen LogP) is -0.858. The van der Waals surface area contributed by atoms with Crippen molar-refractivity contribution in [1.29, 1.82) is 0 Å². The Bertz CT molecular complexity index is 313. The third-order valence-corrected chi connectivity index (χ3v) is 2.42. The van der Waals surface area contributed by atoms with Crippen LogP contribution in [-0.2, 0) is 28.4 Å². The summed E-state index contributed by atoms with van der Waals surface area (Å²) in [6.07, 6.45) is -1.20. The first-order valence-corrected chi connectivity index (χ1v) is 6.44. The number of alkyl carbamates (subject to hydrolysis) is 2. The van der Waals surface area contributed by atoms with Crippen LogP contribution in [0.4, 0.5) is 9.59 Å². The monoisotopic (exact) mass is 306 g/mol. The van der Waals surface area contributed by atoms with Crippen LogP contribution in [0.25, 0.3) is 0 Å². The third-order valence-electron chi connectivity index (χ3n) is 2.42. The van der Waals surface area contributed by atoms with Gasteiger partial charge in [-0.25, -0.2) is 9.59 Å². The van der Waals surface area contributed by atoms with Gasteiger partial charge in [0, 0.05) is 0 Å². The van der Waals surface area contributed by atoms with Crippen LogP contribution in [0.3, 0.4) is 0 Å². The number of nitrogens with one attached hydrogen (secondary N) is 2. The van der Waals surface area contributed by atoms with Crippen molar-refractivity contribution in [3.63, 3.8) is 0 Å². The van der Waals surface area contributed by atoms with Crippen molar-refractivity contribution < 1.29 is 38.0 Å². The maximum atomic E-state index is 11.2. The van der Waals surface area contributed by atoms with Crippen LogP contribution in [0, 0.1) is 0 Å². The van der Waals surface area contributed by atoms with Gasteiger partial charge >= 0.3 is 12.2 Å². The van der Waals surface area contributed by atoms with Crippen molar-refractivity contribution in [2.45, 2.75) is 12.2 Å². The highest BCUT2D eigenvalue weighted by Gasteiger charge is 2.23. The zero-order valence-electron chi connectivity index (χ0n) is 11.4. The van der Waals surface area contributed by atoms with Gasteiger partial charge in [-0.05, 0) is 0 Å². The van der Waals surface area contributed by atoms with Gasteiger partial charge in [0.05, 0.1) is 33.1 Å². The lowest BCUT2D eigenvalue weighted by atomic mass is 10.5. The zero-order valence-corrected chi connectivity index (χ0v) is 11.4. The Hall–Kier alpha value is -1.62. The van der Waals surface area contributed by atoms with Gasteiger partial charge in [0.25, 0.3) is 0 Å². The van der Waals surface area contributed by atoms with Crippen LogP contribution < -0.4 is 10.6 Å². The molecule has 2 aliphatic heterocycles. The minimum Gasteiger partial charge on any atom is -0.422 e. The lowest BCUT2D eigenvalue weighted by Crippen LogP contribution is -2.38. The van der Waals surface area contributed by atoms with Gasteiger partial charge in [-0.1, -0.05) is 0 Å². The summed E-state index contributed by atoms with van der Waals surface area (Å²) in [4.78, 5) is 22.3. The summed E-state index contributed by atoms with van der Waals surface area (Å²) in [5.41, 5.74) is 0. The molecule has 0 bridgehead atoms. The molecule has 0 spiro atoms. The van der Waals surface area contributed by atoms with E-state index in [1.165, 1.54) is 0 Å². The third kappa shape index (κ3) is 8.30. The van der Waals surface area contributed by atoms with E-state index in [2.05, 4.69) is 20.1 Å².